The first kappa shape index (κ1) is 7.90. The summed E-state index contributed by atoms with van der Waals surface area (Å²) in [6, 6.07) is 0.475. The Hall–Kier alpha value is 0.270. The van der Waals surface area contributed by atoms with Gasteiger partial charge in [-0.2, -0.15) is 11.8 Å². The zero-order valence-corrected chi connectivity index (χ0v) is 7.52. The van der Waals surface area contributed by atoms with E-state index >= 15 is 0 Å². The first-order valence-corrected chi connectivity index (χ1v) is 5.53. The van der Waals surface area contributed by atoms with Crippen LogP contribution in [0.3, 0.4) is 0 Å². The van der Waals surface area contributed by atoms with Crippen molar-refractivity contribution < 1.29 is 5.11 Å². The molecule has 2 aliphatic heterocycles. The van der Waals surface area contributed by atoms with E-state index < -0.39 is 0 Å². The number of nitrogens with zero attached hydrogens (tertiary/aromatic N) is 1. The highest BCUT2D eigenvalue weighted by atomic mass is 32.2. The Labute approximate surface area is 72.0 Å². The van der Waals surface area contributed by atoms with Gasteiger partial charge in [-0.1, -0.05) is 0 Å². The number of hydrogen-bond donors (Lipinski definition) is 1. The number of aliphatic hydroxyl groups excluding tert-OH is 1. The van der Waals surface area contributed by atoms with E-state index in [0.29, 0.717) is 6.04 Å². The molecule has 11 heavy (non-hydrogen) atoms. The molecule has 2 aliphatic rings. The zero-order valence-electron chi connectivity index (χ0n) is 6.70. The van der Waals surface area contributed by atoms with Crippen molar-refractivity contribution in [3.63, 3.8) is 0 Å². The third kappa shape index (κ3) is 1.55. The lowest BCUT2D eigenvalue weighted by atomic mass is 10.0. The lowest BCUT2D eigenvalue weighted by molar-refractivity contribution is 0.0233. The van der Waals surface area contributed by atoms with Crippen LogP contribution in [0.5, 0.6) is 0 Å². The summed E-state index contributed by atoms with van der Waals surface area (Å²) < 4.78 is 0. The Balaban J connectivity index is 1.99. The molecule has 2 heterocycles. The molecule has 0 saturated carbocycles. The Morgan fingerprint density at radius 1 is 1.36 bits per heavy atom. The summed E-state index contributed by atoms with van der Waals surface area (Å²) in [5.41, 5.74) is 0. The second-order valence-electron chi connectivity index (χ2n) is 3.39. The minimum atomic E-state index is -0.0449. The fraction of sp³-hybridized carbons (Fsp3) is 1.00. The lowest BCUT2D eigenvalue weighted by Crippen LogP contribution is -2.52. The number of aliphatic hydroxyl groups is 1. The number of thioether (sulfide) groups is 1. The van der Waals surface area contributed by atoms with Gasteiger partial charge >= 0.3 is 0 Å². The van der Waals surface area contributed by atoms with Crippen LogP contribution in [0.2, 0.25) is 0 Å². The topological polar surface area (TPSA) is 23.5 Å². The van der Waals surface area contributed by atoms with E-state index in [0.717, 1.165) is 12.2 Å². The molecular weight excluding hydrogens is 158 g/mol. The number of hydrogen-bond acceptors (Lipinski definition) is 3. The van der Waals surface area contributed by atoms with E-state index in [1.165, 1.54) is 25.3 Å². The Morgan fingerprint density at radius 3 is 3.09 bits per heavy atom. The SMILES string of the molecule is OC1CCCN2CCSCC12. The Morgan fingerprint density at radius 2 is 2.27 bits per heavy atom. The van der Waals surface area contributed by atoms with Crippen molar-refractivity contribution in [2.24, 2.45) is 0 Å². The molecule has 0 bridgehead atoms. The minimum absolute atomic E-state index is 0.0449. The molecule has 2 atom stereocenters. The molecule has 0 aromatic heterocycles. The molecule has 64 valence electrons. The average Bonchev–Trinajstić information content (AvgIpc) is 2.06. The van der Waals surface area contributed by atoms with Gasteiger partial charge in [-0.25, -0.2) is 0 Å². The normalized spacial score (nSPS) is 40.1. The fourth-order valence-corrected chi connectivity index (χ4v) is 3.19. The van der Waals surface area contributed by atoms with Crippen LogP contribution in [-0.4, -0.2) is 46.7 Å². The van der Waals surface area contributed by atoms with Gasteiger partial charge in [-0.05, 0) is 19.4 Å². The summed E-state index contributed by atoms with van der Waals surface area (Å²) in [6.45, 7) is 2.40. The Kier molecular flexibility index (Phi) is 2.39. The van der Waals surface area contributed by atoms with E-state index in [9.17, 15) is 5.11 Å². The molecule has 1 N–H and O–H groups in total. The standard InChI is InChI=1S/C8H15NOS/c10-8-2-1-3-9-4-5-11-6-7(8)9/h7-8,10H,1-6H2. The van der Waals surface area contributed by atoms with Gasteiger partial charge in [0.25, 0.3) is 0 Å². The molecule has 2 unspecified atom stereocenters. The second kappa shape index (κ2) is 3.33. The van der Waals surface area contributed by atoms with Crippen LogP contribution >= 0.6 is 11.8 Å². The van der Waals surface area contributed by atoms with Crippen LogP contribution in [0, 0.1) is 0 Å². The van der Waals surface area contributed by atoms with E-state index in [4.69, 9.17) is 0 Å². The number of fused-ring (bicyclic) bond motifs is 1. The highest BCUT2D eigenvalue weighted by molar-refractivity contribution is 7.99. The fourth-order valence-electron chi connectivity index (χ4n) is 1.99. The highest BCUT2D eigenvalue weighted by Crippen LogP contribution is 2.24. The largest absolute Gasteiger partial charge is 0.391 e. The monoisotopic (exact) mass is 173 g/mol. The van der Waals surface area contributed by atoms with Crippen LogP contribution in [0.1, 0.15) is 12.8 Å². The summed E-state index contributed by atoms with van der Waals surface area (Å²) in [5.74, 6) is 2.39. The predicted molar refractivity (Wildman–Crippen MR) is 47.9 cm³/mol. The van der Waals surface area contributed by atoms with Gasteiger partial charge in [0.1, 0.15) is 0 Å². The van der Waals surface area contributed by atoms with Gasteiger partial charge in [0.05, 0.1) is 6.10 Å². The predicted octanol–water partition coefficient (Wildman–Crippen LogP) is 0.558. The van der Waals surface area contributed by atoms with Gasteiger partial charge in [-0.15, -0.1) is 0 Å². The molecule has 0 aliphatic carbocycles. The highest BCUT2D eigenvalue weighted by Gasteiger charge is 2.31. The average molecular weight is 173 g/mol. The summed E-state index contributed by atoms with van der Waals surface area (Å²) in [4.78, 5) is 2.45. The maximum Gasteiger partial charge on any atom is 0.0703 e. The van der Waals surface area contributed by atoms with Gasteiger partial charge in [0.15, 0.2) is 0 Å². The van der Waals surface area contributed by atoms with E-state index in [1.54, 1.807) is 0 Å². The number of rotatable bonds is 0. The van der Waals surface area contributed by atoms with Crippen molar-refractivity contribution in [2.45, 2.75) is 25.0 Å². The van der Waals surface area contributed by atoms with Gasteiger partial charge in [0.2, 0.25) is 0 Å². The molecule has 0 aromatic rings. The van der Waals surface area contributed by atoms with Crippen LogP contribution in [0.15, 0.2) is 0 Å². The molecule has 0 spiro atoms. The van der Waals surface area contributed by atoms with Crippen LogP contribution in [-0.2, 0) is 0 Å². The number of piperidine rings is 1. The van der Waals surface area contributed by atoms with E-state index in [1.807, 2.05) is 11.8 Å². The smallest absolute Gasteiger partial charge is 0.0703 e. The van der Waals surface area contributed by atoms with Crippen molar-refractivity contribution in [2.75, 3.05) is 24.6 Å². The molecule has 2 fully saturated rings. The van der Waals surface area contributed by atoms with Crippen LogP contribution in [0.4, 0.5) is 0 Å². The third-order valence-electron chi connectivity index (χ3n) is 2.67. The lowest BCUT2D eigenvalue weighted by Gasteiger charge is -2.41. The van der Waals surface area contributed by atoms with Crippen molar-refractivity contribution >= 4 is 11.8 Å². The molecule has 2 rings (SSSR count). The van der Waals surface area contributed by atoms with Crippen LogP contribution in [0.25, 0.3) is 0 Å². The maximum absolute atomic E-state index is 9.65. The third-order valence-corrected chi connectivity index (χ3v) is 3.72. The molecular formula is C8H15NOS. The quantitative estimate of drug-likeness (QED) is 0.579. The minimum Gasteiger partial charge on any atom is -0.391 e. The Bertz CT molecular complexity index is 140. The summed E-state index contributed by atoms with van der Waals surface area (Å²) in [7, 11) is 0. The first-order chi connectivity index (χ1) is 5.38. The van der Waals surface area contributed by atoms with Crippen molar-refractivity contribution in [3.05, 3.63) is 0 Å². The van der Waals surface area contributed by atoms with Crippen molar-refractivity contribution in [1.29, 1.82) is 0 Å². The molecule has 2 saturated heterocycles. The van der Waals surface area contributed by atoms with Gasteiger partial charge < -0.3 is 5.11 Å². The van der Waals surface area contributed by atoms with Gasteiger partial charge in [-0.3, -0.25) is 4.90 Å². The molecule has 0 aromatic carbocycles. The van der Waals surface area contributed by atoms with Crippen molar-refractivity contribution in [1.82, 2.24) is 4.90 Å². The second-order valence-corrected chi connectivity index (χ2v) is 4.54. The molecule has 3 heteroatoms. The zero-order chi connectivity index (χ0) is 7.68. The maximum atomic E-state index is 9.65. The van der Waals surface area contributed by atoms with E-state index in [2.05, 4.69) is 4.90 Å². The van der Waals surface area contributed by atoms with Crippen LogP contribution < -0.4 is 0 Å². The summed E-state index contributed by atoms with van der Waals surface area (Å²) in [6.07, 6.45) is 2.15. The summed E-state index contributed by atoms with van der Waals surface area (Å²) in [5, 5.41) is 9.65. The summed E-state index contributed by atoms with van der Waals surface area (Å²) >= 11 is 1.98. The molecule has 0 radical (unpaired) electrons. The molecule has 2 nitrogen and oxygen atoms in total. The molecule has 0 amide bonds. The van der Waals surface area contributed by atoms with Crippen molar-refractivity contribution in [3.8, 4) is 0 Å². The van der Waals surface area contributed by atoms with Gasteiger partial charge in [0, 0.05) is 24.1 Å². The van der Waals surface area contributed by atoms with E-state index in [-0.39, 0.29) is 6.10 Å². The first-order valence-electron chi connectivity index (χ1n) is 4.38.